The minimum Gasteiger partial charge on any atom is -0.497 e. The molecule has 0 bridgehead atoms. The van der Waals surface area contributed by atoms with Gasteiger partial charge in [0.2, 0.25) is 0 Å². The predicted molar refractivity (Wildman–Crippen MR) is 111 cm³/mol. The fourth-order valence-corrected chi connectivity index (χ4v) is 2.71. The second-order valence-corrected chi connectivity index (χ2v) is 6.15. The van der Waals surface area contributed by atoms with Gasteiger partial charge in [-0.25, -0.2) is 4.99 Å². The smallest absolute Gasteiger partial charge is 0.251 e. The molecule has 0 spiro atoms. The van der Waals surface area contributed by atoms with E-state index in [2.05, 4.69) is 31.1 Å². The molecule has 152 valence electrons. The zero-order valence-corrected chi connectivity index (χ0v) is 16.6. The highest BCUT2D eigenvalue weighted by molar-refractivity contribution is 5.94. The van der Waals surface area contributed by atoms with Gasteiger partial charge in [0.15, 0.2) is 17.4 Å². The third kappa shape index (κ3) is 5.44. The van der Waals surface area contributed by atoms with Crippen molar-refractivity contribution in [3.05, 3.63) is 60.0 Å². The normalized spacial score (nSPS) is 11.3. The van der Waals surface area contributed by atoms with Crippen LogP contribution in [0.1, 0.15) is 23.1 Å². The van der Waals surface area contributed by atoms with E-state index in [4.69, 9.17) is 4.74 Å². The molecule has 0 radical (unpaired) electrons. The van der Waals surface area contributed by atoms with Gasteiger partial charge in [-0.05, 0) is 37.3 Å². The Morgan fingerprint density at radius 2 is 1.97 bits per heavy atom. The number of hydrogen-bond acceptors (Lipinski definition) is 5. The third-order valence-electron chi connectivity index (χ3n) is 4.14. The first-order valence-electron chi connectivity index (χ1n) is 9.44. The quantitative estimate of drug-likeness (QED) is 0.301. The van der Waals surface area contributed by atoms with E-state index in [1.54, 1.807) is 31.4 Å². The monoisotopic (exact) mass is 395 g/mol. The lowest BCUT2D eigenvalue weighted by Gasteiger charge is -2.12. The lowest BCUT2D eigenvalue weighted by Crippen LogP contribution is -2.41. The summed E-state index contributed by atoms with van der Waals surface area (Å²) in [7, 11) is 1.57. The van der Waals surface area contributed by atoms with Crippen molar-refractivity contribution in [2.24, 2.45) is 4.99 Å². The van der Waals surface area contributed by atoms with Gasteiger partial charge >= 0.3 is 0 Å². The highest BCUT2D eigenvalue weighted by Gasteiger charge is 2.07. The number of rotatable bonds is 8. The second kappa shape index (κ2) is 10.1. The van der Waals surface area contributed by atoms with Gasteiger partial charge in [-0.15, -0.1) is 10.2 Å². The first kappa shape index (κ1) is 20.1. The molecule has 3 rings (SSSR count). The van der Waals surface area contributed by atoms with Crippen LogP contribution in [0.2, 0.25) is 0 Å². The molecule has 0 aliphatic carbocycles. The Morgan fingerprint density at radius 3 is 2.79 bits per heavy atom. The number of benzene rings is 1. The number of nitrogens with zero attached hydrogens (tertiary/aromatic N) is 4. The third-order valence-corrected chi connectivity index (χ3v) is 4.14. The summed E-state index contributed by atoms with van der Waals surface area (Å²) in [6, 6.07) is 12.8. The number of hydrogen-bond donors (Lipinski definition) is 3. The number of aliphatic imine (C=N–C) groups is 1. The summed E-state index contributed by atoms with van der Waals surface area (Å²) in [6.45, 7) is 4.09. The molecule has 0 saturated carbocycles. The molecule has 0 atom stereocenters. The Labute approximate surface area is 169 Å². The average Bonchev–Trinajstić information content (AvgIpc) is 3.18. The van der Waals surface area contributed by atoms with Crippen LogP contribution in [-0.4, -0.2) is 53.2 Å². The number of guanidine groups is 1. The molecular weight excluding hydrogens is 370 g/mol. The molecule has 2 heterocycles. The molecule has 3 aromatic rings. The number of methoxy groups -OCH3 is 1. The van der Waals surface area contributed by atoms with Crippen molar-refractivity contribution >= 4 is 17.5 Å². The van der Waals surface area contributed by atoms with Crippen LogP contribution >= 0.6 is 0 Å². The molecule has 0 aliphatic rings. The summed E-state index contributed by atoms with van der Waals surface area (Å²) in [5.74, 6) is 1.90. The summed E-state index contributed by atoms with van der Waals surface area (Å²) in [5.41, 5.74) is 1.35. The zero-order valence-electron chi connectivity index (χ0n) is 16.6. The summed E-state index contributed by atoms with van der Waals surface area (Å²) >= 11 is 0. The van der Waals surface area contributed by atoms with E-state index >= 15 is 0 Å². The van der Waals surface area contributed by atoms with Crippen molar-refractivity contribution in [2.75, 3.05) is 26.7 Å². The number of carbonyl (C=O) groups excluding carboxylic acids is 1. The first-order valence-corrected chi connectivity index (χ1v) is 9.44. The summed E-state index contributed by atoms with van der Waals surface area (Å²) in [6.07, 6.45) is 1.91. The molecule has 9 nitrogen and oxygen atoms in total. The molecule has 1 aromatic carbocycles. The lowest BCUT2D eigenvalue weighted by molar-refractivity contribution is 0.0954. The molecule has 0 fully saturated rings. The largest absolute Gasteiger partial charge is 0.497 e. The Morgan fingerprint density at radius 1 is 1.10 bits per heavy atom. The van der Waals surface area contributed by atoms with Gasteiger partial charge in [-0.1, -0.05) is 12.1 Å². The summed E-state index contributed by atoms with van der Waals surface area (Å²) < 4.78 is 7.05. The molecule has 1 amide bonds. The molecule has 9 heteroatoms. The lowest BCUT2D eigenvalue weighted by atomic mass is 10.2. The van der Waals surface area contributed by atoms with Gasteiger partial charge < -0.3 is 20.7 Å². The van der Waals surface area contributed by atoms with Crippen LogP contribution in [0.4, 0.5) is 0 Å². The van der Waals surface area contributed by atoms with E-state index in [1.165, 1.54) is 0 Å². The highest BCUT2D eigenvalue weighted by atomic mass is 16.5. The van der Waals surface area contributed by atoms with E-state index in [1.807, 2.05) is 35.7 Å². The average molecular weight is 395 g/mol. The topological polar surface area (TPSA) is 105 Å². The van der Waals surface area contributed by atoms with E-state index < -0.39 is 0 Å². The van der Waals surface area contributed by atoms with E-state index in [9.17, 15) is 4.79 Å². The maximum Gasteiger partial charge on any atom is 0.251 e. The van der Waals surface area contributed by atoms with Crippen molar-refractivity contribution in [3.63, 3.8) is 0 Å². The number of ether oxygens (including phenoxy) is 1. The standard InChI is InChI=1S/C20H25N7O2/c1-3-21-20(24-14-18-26-25-17-9-4-5-12-27(17)18)23-11-10-22-19(28)15-7-6-8-16(13-15)29-2/h4-9,12-13H,3,10-11,14H2,1-2H3,(H,22,28)(H2,21,23,24). The highest BCUT2D eigenvalue weighted by Crippen LogP contribution is 2.12. The van der Waals surface area contributed by atoms with Crippen LogP contribution in [0.3, 0.4) is 0 Å². The van der Waals surface area contributed by atoms with Crippen LogP contribution in [-0.2, 0) is 6.54 Å². The Bertz CT molecular complexity index is 984. The van der Waals surface area contributed by atoms with Crippen molar-refractivity contribution in [3.8, 4) is 5.75 Å². The van der Waals surface area contributed by atoms with Crippen LogP contribution in [0, 0.1) is 0 Å². The zero-order chi connectivity index (χ0) is 20.5. The number of fused-ring (bicyclic) bond motifs is 1. The van der Waals surface area contributed by atoms with Crippen molar-refractivity contribution in [2.45, 2.75) is 13.5 Å². The molecule has 29 heavy (non-hydrogen) atoms. The Hall–Kier alpha value is -3.62. The molecule has 3 N–H and O–H groups in total. The number of amides is 1. The van der Waals surface area contributed by atoms with Gasteiger partial charge in [-0.2, -0.15) is 0 Å². The number of pyridine rings is 1. The predicted octanol–water partition coefficient (Wildman–Crippen LogP) is 1.22. The van der Waals surface area contributed by atoms with Crippen LogP contribution in [0.25, 0.3) is 5.65 Å². The van der Waals surface area contributed by atoms with Crippen LogP contribution < -0.4 is 20.7 Å². The second-order valence-electron chi connectivity index (χ2n) is 6.15. The SMILES string of the molecule is CCNC(=NCc1nnc2ccccn12)NCCNC(=O)c1cccc(OC)c1. The Kier molecular flexibility index (Phi) is 6.99. The van der Waals surface area contributed by atoms with Gasteiger partial charge in [0, 0.05) is 31.4 Å². The minimum absolute atomic E-state index is 0.150. The molecule has 0 unspecified atom stereocenters. The van der Waals surface area contributed by atoms with Crippen molar-refractivity contribution < 1.29 is 9.53 Å². The number of carbonyl (C=O) groups is 1. The van der Waals surface area contributed by atoms with E-state index in [0.717, 1.165) is 18.0 Å². The molecule has 0 saturated heterocycles. The molecule has 0 aliphatic heterocycles. The van der Waals surface area contributed by atoms with E-state index in [0.29, 0.717) is 36.9 Å². The van der Waals surface area contributed by atoms with Crippen LogP contribution in [0.15, 0.2) is 53.7 Å². The maximum atomic E-state index is 12.2. The fraction of sp³-hybridized carbons (Fsp3) is 0.300. The summed E-state index contributed by atoms with van der Waals surface area (Å²) in [4.78, 5) is 16.8. The van der Waals surface area contributed by atoms with E-state index in [-0.39, 0.29) is 5.91 Å². The number of aromatic nitrogens is 3. The first-order chi connectivity index (χ1) is 14.2. The van der Waals surface area contributed by atoms with Gasteiger partial charge in [0.05, 0.1) is 7.11 Å². The number of nitrogens with one attached hydrogen (secondary N) is 3. The Balaban J connectivity index is 1.51. The minimum atomic E-state index is -0.150. The van der Waals surface area contributed by atoms with Crippen molar-refractivity contribution in [1.82, 2.24) is 30.5 Å². The maximum absolute atomic E-state index is 12.2. The molecule has 2 aromatic heterocycles. The van der Waals surface area contributed by atoms with Gasteiger partial charge in [0.1, 0.15) is 12.3 Å². The fourth-order valence-electron chi connectivity index (χ4n) is 2.71. The van der Waals surface area contributed by atoms with Gasteiger partial charge in [0.25, 0.3) is 5.91 Å². The molecular formula is C20H25N7O2. The van der Waals surface area contributed by atoms with Gasteiger partial charge in [-0.3, -0.25) is 9.20 Å². The van der Waals surface area contributed by atoms with Crippen LogP contribution in [0.5, 0.6) is 5.75 Å². The summed E-state index contributed by atoms with van der Waals surface area (Å²) in [5, 5.41) is 17.6. The van der Waals surface area contributed by atoms with Crippen molar-refractivity contribution in [1.29, 1.82) is 0 Å².